The number of H-pyrrole nitrogens is 1. The summed E-state index contributed by atoms with van der Waals surface area (Å²) in [7, 11) is 0. The number of hydrogen-bond acceptors (Lipinski definition) is 2. The maximum Gasteiger partial charge on any atom is 0 e. The molecule has 4 heteroatoms. The topological polar surface area (TPSA) is 41.6 Å². The van der Waals surface area contributed by atoms with Crippen molar-refractivity contribution in [2.45, 2.75) is 0 Å². The molecule has 1 N–H and O–H groups in total. The SMILES string of the molecule is [Y].[c-]1nc[nH]n1. The van der Waals surface area contributed by atoms with Gasteiger partial charge < -0.3 is 10.1 Å². The van der Waals surface area contributed by atoms with Crippen molar-refractivity contribution in [1.29, 1.82) is 0 Å². The first-order valence-corrected chi connectivity index (χ1v) is 1.22. The summed E-state index contributed by atoms with van der Waals surface area (Å²) in [6.07, 6.45) is 3.76. The fourth-order valence-corrected chi connectivity index (χ4v) is 0.144. The summed E-state index contributed by atoms with van der Waals surface area (Å²) in [6, 6.07) is 0. The molecule has 0 saturated carbocycles. The van der Waals surface area contributed by atoms with Crippen molar-refractivity contribution in [1.82, 2.24) is 15.2 Å². The number of hydrogen-bond donors (Lipinski definition) is 1. The number of nitrogens with zero attached hydrogens (tertiary/aromatic N) is 2. The average molecular weight is 157 g/mol. The Labute approximate surface area is 60.4 Å². The fraction of sp³-hybridized carbons (Fsp3) is 0. The zero-order valence-corrected chi connectivity index (χ0v) is 5.89. The fourth-order valence-electron chi connectivity index (χ4n) is 0.144. The van der Waals surface area contributed by atoms with Gasteiger partial charge in [-0.1, -0.05) is 0 Å². The summed E-state index contributed by atoms with van der Waals surface area (Å²) in [6.45, 7) is 0. The third kappa shape index (κ3) is 1.62. The molecule has 0 saturated heterocycles. The van der Waals surface area contributed by atoms with Crippen LogP contribution in [0.5, 0.6) is 0 Å². The van der Waals surface area contributed by atoms with Crippen LogP contribution in [0.1, 0.15) is 0 Å². The molecule has 0 spiro atoms. The van der Waals surface area contributed by atoms with Gasteiger partial charge in [0.1, 0.15) is 0 Å². The van der Waals surface area contributed by atoms with Gasteiger partial charge in [0.25, 0.3) is 0 Å². The van der Waals surface area contributed by atoms with Gasteiger partial charge in [0.2, 0.25) is 0 Å². The molecule has 6 heavy (non-hydrogen) atoms. The van der Waals surface area contributed by atoms with Crippen LogP contribution in [0.3, 0.4) is 0 Å². The van der Waals surface area contributed by atoms with Crippen molar-refractivity contribution < 1.29 is 32.7 Å². The predicted octanol–water partition coefficient (Wildman–Crippen LogP) is -0.398. The Kier molecular flexibility index (Phi) is 3.57. The van der Waals surface area contributed by atoms with Gasteiger partial charge in [-0.2, -0.15) is 0 Å². The van der Waals surface area contributed by atoms with Crippen molar-refractivity contribution in [2.24, 2.45) is 0 Å². The number of nitrogens with one attached hydrogen (secondary N) is 1. The van der Waals surface area contributed by atoms with Gasteiger partial charge >= 0.3 is 0 Å². The second-order valence-corrected chi connectivity index (χ2v) is 0.599. The van der Waals surface area contributed by atoms with E-state index in [1.165, 1.54) is 6.33 Å². The first-order valence-electron chi connectivity index (χ1n) is 1.22. The normalized spacial score (nSPS) is 6.67. The molecule has 0 atom stereocenters. The standard InChI is InChI=1S/C2H2N3.Y/c1-3-2-5-4-1;/h1H,(H,3,4,5);/q-1;. The number of aromatic nitrogens is 3. The monoisotopic (exact) mass is 157 g/mol. The maximum atomic E-state index is 3.43. The quantitative estimate of drug-likeness (QED) is 0.520. The van der Waals surface area contributed by atoms with Gasteiger partial charge in [-0.15, -0.1) is 0 Å². The molecule has 1 aromatic heterocycles. The van der Waals surface area contributed by atoms with Gasteiger partial charge in [-0.25, -0.2) is 0 Å². The Bertz CT molecular complexity index is 65.3. The maximum absolute atomic E-state index is 3.43. The molecular formula is C2H2N3Y-. The van der Waals surface area contributed by atoms with Crippen LogP contribution in [0, 0.1) is 6.33 Å². The largest absolute Gasteiger partial charge is 0.421 e. The predicted molar refractivity (Wildman–Crippen MR) is 15.2 cm³/mol. The molecule has 0 aromatic carbocycles. The summed E-state index contributed by atoms with van der Waals surface area (Å²) >= 11 is 0. The zero-order valence-electron chi connectivity index (χ0n) is 3.05. The van der Waals surface area contributed by atoms with E-state index >= 15 is 0 Å². The molecule has 0 amide bonds. The Morgan fingerprint density at radius 3 is 2.67 bits per heavy atom. The Morgan fingerprint density at radius 1 is 1.67 bits per heavy atom. The van der Waals surface area contributed by atoms with E-state index in [9.17, 15) is 0 Å². The zero-order chi connectivity index (χ0) is 3.54. The van der Waals surface area contributed by atoms with E-state index in [0.29, 0.717) is 0 Å². The van der Waals surface area contributed by atoms with E-state index in [1.54, 1.807) is 0 Å². The number of rotatable bonds is 0. The van der Waals surface area contributed by atoms with Crippen molar-refractivity contribution in [2.75, 3.05) is 0 Å². The minimum Gasteiger partial charge on any atom is -0.421 e. The Morgan fingerprint density at radius 2 is 2.50 bits per heavy atom. The average Bonchev–Trinajstić information content (AvgIpc) is 1.76. The van der Waals surface area contributed by atoms with Crippen molar-refractivity contribution in [3.8, 4) is 0 Å². The first-order chi connectivity index (χ1) is 2.50. The minimum absolute atomic E-state index is 0. The summed E-state index contributed by atoms with van der Waals surface area (Å²) in [5, 5.41) is 5.81. The molecule has 0 fully saturated rings. The van der Waals surface area contributed by atoms with E-state index in [4.69, 9.17) is 0 Å². The Hall–Kier alpha value is 0.244. The molecule has 0 aliphatic rings. The van der Waals surface area contributed by atoms with Gasteiger partial charge in [0, 0.05) is 32.7 Å². The third-order valence-corrected chi connectivity index (χ3v) is 0.295. The van der Waals surface area contributed by atoms with Crippen LogP contribution in [0.25, 0.3) is 0 Å². The molecular weight excluding hydrogens is 155 g/mol. The van der Waals surface area contributed by atoms with E-state index in [0.717, 1.165) is 0 Å². The van der Waals surface area contributed by atoms with Crippen molar-refractivity contribution >= 4 is 0 Å². The molecule has 0 aliphatic carbocycles. The van der Waals surface area contributed by atoms with Gasteiger partial charge in [0.05, 0.1) is 0 Å². The molecule has 0 bridgehead atoms. The minimum atomic E-state index is 0. The van der Waals surface area contributed by atoms with Crippen LogP contribution in [0.15, 0.2) is 6.33 Å². The van der Waals surface area contributed by atoms with Gasteiger partial charge in [-0.05, 0) is 12.7 Å². The van der Waals surface area contributed by atoms with Crippen molar-refractivity contribution in [3.05, 3.63) is 12.7 Å². The summed E-state index contributed by atoms with van der Waals surface area (Å²) in [5.74, 6) is 0. The van der Waals surface area contributed by atoms with Crippen LogP contribution in [-0.4, -0.2) is 15.2 Å². The van der Waals surface area contributed by atoms with Crippen LogP contribution < -0.4 is 0 Å². The van der Waals surface area contributed by atoms with E-state index in [2.05, 4.69) is 21.5 Å². The summed E-state index contributed by atoms with van der Waals surface area (Å²) in [4.78, 5) is 3.43. The van der Waals surface area contributed by atoms with Gasteiger partial charge in [-0.3, -0.25) is 5.10 Å². The molecule has 0 aliphatic heterocycles. The second kappa shape index (κ2) is 3.43. The molecule has 1 heterocycles. The summed E-state index contributed by atoms with van der Waals surface area (Å²) < 4.78 is 0. The van der Waals surface area contributed by atoms with E-state index in [1.807, 2.05) is 0 Å². The van der Waals surface area contributed by atoms with Crippen LogP contribution in [-0.2, 0) is 32.7 Å². The van der Waals surface area contributed by atoms with Gasteiger partial charge in [0.15, 0.2) is 0 Å². The van der Waals surface area contributed by atoms with Crippen LogP contribution >= 0.6 is 0 Å². The van der Waals surface area contributed by atoms with Crippen LogP contribution in [0.2, 0.25) is 0 Å². The molecule has 29 valence electrons. The third-order valence-electron chi connectivity index (χ3n) is 0.295. The van der Waals surface area contributed by atoms with Crippen LogP contribution in [0.4, 0.5) is 0 Å². The smallest absolute Gasteiger partial charge is 0 e. The molecule has 1 aromatic rings. The number of aromatic amines is 1. The summed E-state index contributed by atoms with van der Waals surface area (Å²) in [5.41, 5.74) is 0. The van der Waals surface area contributed by atoms with Crippen molar-refractivity contribution in [3.63, 3.8) is 0 Å². The molecule has 0 unspecified atom stereocenters. The molecule has 1 radical (unpaired) electrons. The first kappa shape index (κ1) is 6.24. The molecule has 1 rings (SSSR count). The Balaban J connectivity index is 0.000000250. The van der Waals surface area contributed by atoms with E-state index < -0.39 is 0 Å². The second-order valence-electron chi connectivity index (χ2n) is 0.599. The van der Waals surface area contributed by atoms with E-state index in [-0.39, 0.29) is 32.7 Å². The molecule has 3 nitrogen and oxygen atoms in total.